The summed E-state index contributed by atoms with van der Waals surface area (Å²) in [5.41, 5.74) is 1.40. The fourth-order valence-corrected chi connectivity index (χ4v) is 4.19. The third-order valence-electron chi connectivity index (χ3n) is 6.34. The normalized spacial score (nSPS) is 21.6. The van der Waals surface area contributed by atoms with Gasteiger partial charge in [-0.15, -0.1) is 0 Å². The van der Waals surface area contributed by atoms with Gasteiger partial charge in [-0.1, -0.05) is 49.8 Å². The molecular weight excluding hydrogens is 455 g/mol. The third kappa shape index (κ3) is 8.86. The van der Waals surface area contributed by atoms with Crippen LogP contribution < -0.4 is 0 Å². The summed E-state index contributed by atoms with van der Waals surface area (Å²) in [6, 6.07) is 0. The molecule has 1 fully saturated rings. The van der Waals surface area contributed by atoms with E-state index in [-0.39, 0.29) is 30.8 Å². The average molecular weight is 494 g/mol. The molecule has 1 atom stereocenters. The summed E-state index contributed by atoms with van der Waals surface area (Å²) in [5.74, 6) is -0.236. The van der Waals surface area contributed by atoms with E-state index in [4.69, 9.17) is 4.74 Å². The highest BCUT2D eigenvalue weighted by molar-refractivity contribution is 5.81. The molecule has 0 aromatic carbocycles. The number of hydrogen-bond donors (Lipinski definition) is 0. The Labute approximate surface area is 207 Å². The van der Waals surface area contributed by atoms with Gasteiger partial charge in [0.05, 0.1) is 18.6 Å². The molecule has 0 radical (unpaired) electrons. The topological polar surface area (TPSA) is 46.6 Å². The van der Waals surface area contributed by atoms with Crippen LogP contribution in [0, 0.1) is 11.3 Å². The fraction of sp³-hybridized carbons (Fsp3) is 0.571. The number of ether oxygens (including phenoxy) is 1. The lowest BCUT2D eigenvalue weighted by molar-refractivity contribution is -0.145. The molecular formula is C28H38F3NO3. The van der Waals surface area contributed by atoms with Gasteiger partial charge in [0.1, 0.15) is 0 Å². The number of amides is 1. The second-order valence-corrected chi connectivity index (χ2v) is 9.59. The minimum atomic E-state index is -4.52. The number of allylic oxidation sites excluding steroid dienone is 9. The minimum absolute atomic E-state index is 0.0130. The van der Waals surface area contributed by atoms with Crippen molar-refractivity contribution in [2.45, 2.75) is 72.9 Å². The van der Waals surface area contributed by atoms with Crippen LogP contribution in [0.15, 0.2) is 58.7 Å². The van der Waals surface area contributed by atoms with Gasteiger partial charge in [-0.05, 0) is 63.7 Å². The van der Waals surface area contributed by atoms with E-state index in [2.05, 4.69) is 0 Å². The van der Waals surface area contributed by atoms with E-state index in [0.717, 1.165) is 42.6 Å². The van der Waals surface area contributed by atoms with E-state index < -0.39 is 17.2 Å². The van der Waals surface area contributed by atoms with Crippen molar-refractivity contribution in [2.75, 3.05) is 19.7 Å². The number of carbonyl (C=O) groups excluding carboxylic acids is 2. The predicted octanol–water partition coefficient (Wildman–Crippen LogP) is 6.86. The number of halogens is 3. The third-order valence-corrected chi connectivity index (χ3v) is 6.34. The summed E-state index contributed by atoms with van der Waals surface area (Å²) in [6.07, 6.45) is 7.86. The Kier molecular flexibility index (Phi) is 10.2. The molecule has 7 heteroatoms. The molecule has 0 N–H and O–H groups in total. The van der Waals surface area contributed by atoms with Crippen LogP contribution >= 0.6 is 0 Å². The molecule has 0 aliphatic heterocycles. The van der Waals surface area contributed by atoms with Gasteiger partial charge < -0.3 is 9.64 Å². The first-order valence-electron chi connectivity index (χ1n) is 12.4. The predicted molar refractivity (Wildman–Crippen MR) is 132 cm³/mol. The van der Waals surface area contributed by atoms with E-state index in [1.54, 1.807) is 18.7 Å². The van der Waals surface area contributed by atoms with Crippen LogP contribution in [0.4, 0.5) is 13.2 Å². The number of hydrogen-bond acceptors (Lipinski definition) is 3. The smallest absolute Gasteiger partial charge is 0.416 e. The van der Waals surface area contributed by atoms with Crippen LogP contribution in [-0.4, -0.2) is 42.6 Å². The summed E-state index contributed by atoms with van der Waals surface area (Å²) in [5, 5.41) is 0. The molecule has 2 aliphatic rings. The Morgan fingerprint density at radius 3 is 2.43 bits per heavy atom. The second-order valence-electron chi connectivity index (χ2n) is 9.59. The van der Waals surface area contributed by atoms with Gasteiger partial charge in [0.25, 0.3) is 0 Å². The molecule has 0 bridgehead atoms. The van der Waals surface area contributed by atoms with Crippen LogP contribution in [0.25, 0.3) is 0 Å². The first-order chi connectivity index (χ1) is 16.4. The van der Waals surface area contributed by atoms with Gasteiger partial charge in [-0.2, -0.15) is 13.2 Å². The zero-order valence-electron chi connectivity index (χ0n) is 21.5. The molecule has 0 spiro atoms. The lowest BCUT2D eigenvalue weighted by Crippen LogP contribution is -2.32. The van der Waals surface area contributed by atoms with Crippen LogP contribution in [0.1, 0.15) is 66.7 Å². The molecule has 0 aromatic heterocycles. The van der Waals surface area contributed by atoms with Crippen molar-refractivity contribution in [2.24, 2.45) is 11.3 Å². The number of alkyl halides is 3. The monoisotopic (exact) mass is 493 g/mol. The molecule has 2 rings (SSSR count). The van der Waals surface area contributed by atoms with E-state index >= 15 is 0 Å². The molecule has 1 unspecified atom stereocenters. The van der Waals surface area contributed by atoms with Crippen molar-refractivity contribution in [3.8, 4) is 0 Å². The Balaban J connectivity index is 2.25. The summed E-state index contributed by atoms with van der Waals surface area (Å²) in [4.78, 5) is 25.9. The van der Waals surface area contributed by atoms with Crippen molar-refractivity contribution >= 4 is 11.9 Å². The molecule has 1 saturated carbocycles. The molecule has 194 valence electrons. The van der Waals surface area contributed by atoms with Crippen LogP contribution in [0.2, 0.25) is 0 Å². The standard InChI is InChI=1S/C28H38F3NO3/c1-6-21-16-23(18-27(5,17-21)19-25(33)35-8-3)20(4)11-14-24(28(29,30)31)10-9-15-32(7-2)26(34)22-12-13-22/h9-11,14,16,18,22H,6-8,12-13,15,17,19H2,1-5H3/b10-9+,20-11+,24-14+. The van der Waals surface area contributed by atoms with E-state index in [1.165, 1.54) is 12.2 Å². The van der Waals surface area contributed by atoms with Gasteiger partial charge >= 0.3 is 12.1 Å². The van der Waals surface area contributed by atoms with E-state index in [0.29, 0.717) is 25.1 Å². The number of nitrogens with zero attached hydrogens (tertiary/aromatic N) is 1. The summed E-state index contributed by atoms with van der Waals surface area (Å²) < 4.78 is 46.1. The maximum absolute atomic E-state index is 13.7. The Bertz CT molecular complexity index is 936. The van der Waals surface area contributed by atoms with Gasteiger partial charge in [-0.3, -0.25) is 9.59 Å². The number of likely N-dealkylation sites (N-methyl/N-ethyl adjacent to an activating group) is 1. The highest BCUT2D eigenvalue weighted by Crippen LogP contribution is 2.40. The van der Waals surface area contributed by atoms with Crippen LogP contribution in [-0.2, 0) is 14.3 Å². The molecule has 0 heterocycles. The summed E-state index contributed by atoms with van der Waals surface area (Å²) in [6.45, 7) is 10.3. The Morgan fingerprint density at radius 2 is 1.89 bits per heavy atom. The Morgan fingerprint density at radius 1 is 1.20 bits per heavy atom. The maximum atomic E-state index is 13.7. The van der Waals surface area contributed by atoms with Gasteiger partial charge in [0, 0.05) is 24.4 Å². The quantitative estimate of drug-likeness (QED) is 0.233. The summed E-state index contributed by atoms with van der Waals surface area (Å²) in [7, 11) is 0. The van der Waals surface area contributed by atoms with Gasteiger partial charge in [-0.25, -0.2) is 0 Å². The first-order valence-corrected chi connectivity index (χ1v) is 12.4. The lowest BCUT2D eigenvalue weighted by Gasteiger charge is -2.31. The zero-order chi connectivity index (χ0) is 26.2. The molecule has 1 amide bonds. The number of carbonyl (C=O) groups is 2. The van der Waals surface area contributed by atoms with Crippen molar-refractivity contribution in [3.63, 3.8) is 0 Å². The SMILES string of the molecule is CCOC(=O)CC1(C)C=C(/C(C)=C/C=C(\C=C\CN(CC)C(=O)C2CC2)C(F)(F)F)C=C(CC)C1. The molecule has 35 heavy (non-hydrogen) atoms. The lowest BCUT2D eigenvalue weighted by atomic mass is 9.74. The maximum Gasteiger partial charge on any atom is 0.416 e. The van der Waals surface area contributed by atoms with Crippen LogP contribution in [0.3, 0.4) is 0 Å². The van der Waals surface area contributed by atoms with Gasteiger partial charge in [0.15, 0.2) is 0 Å². The molecule has 0 saturated heterocycles. The van der Waals surface area contributed by atoms with Crippen LogP contribution in [0.5, 0.6) is 0 Å². The highest BCUT2D eigenvalue weighted by atomic mass is 19.4. The molecule has 2 aliphatic carbocycles. The van der Waals surface area contributed by atoms with E-state index in [1.807, 2.05) is 32.9 Å². The minimum Gasteiger partial charge on any atom is -0.466 e. The largest absolute Gasteiger partial charge is 0.466 e. The summed E-state index contributed by atoms with van der Waals surface area (Å²) >= 11 is 0. The average Bonchev–Trinajstić information content (AvgIpc) is 3.62. The highest BCUT2D eigenvalue weighted by Gasteiger charge is 2.34. The second kappa shape index (κ2) is 12.4. The Hall–Kier alpha value is -2.57. The van der Waals surface area contributed by atoms with Crippen molar-refractivity contribution in [1.29, 1.82) is 0 Å². The van der Waals surface area contributed by atoms with Crippen molar-refractivity contribution in [1.82, 2.24) is 4.90 Å². The number of rotatable bonds is 11. The zero-order valence-corrected chi connectivity index (χ0v) is 21.5. The van der Waals surface area contributed by atoms with Gasteiger partial charge in [0.2, 0.25) is 5.91 Å². The first kappa shape index (κ1) is 28.7. The van der Waals surface area contributed by atoms with Crippen molar-refractivity contribution in [3.05, 3.63) is 58.7 Å². The van der Waals surface area contributed by atoms with E-state index in [9.17, 15) is 22.8 Å². The number of esters is 1. The van der Waals surface area contributed by atoms with Crippen molar-refractivity contribution < 1.29 is 27.5 Å². The molecule has 4 nitrogen and oxygen atoms in total. The molecule has 0 aromatic rings. The fourth-order valence-electron chi connectivity index (χ4n) is 4.19.